The Morgan fingerprint density at radius 1 is 1.33 bits per heavy atom. The summed E-state index contributed by atoms with van der Waals surface area (Å²) in [5.74, 6) is -2.07. The second-order valence-electron chi connectivity index (χ2n) is 4.19. The van der Waals surface area contributed by atoms with Crippen LogP contribution in [0.1, 0.15) is 20.7 Å². The predicted octanol–water partition coefficient (Wildman–Crippen LogP) is -0.802. The van der Waals surface area contributed by atoms with E-state index in [9.17, 15) is 22.8 Å². The summed E-state index contributed by atoms with van der Waals surface area (Å²) in [5, 5.41) is 11.0. The third-order valence-corrected chi connectivity index (χ3v) is 4.69. The third-order valence-electron chi connectivity index (χ3n) is 2.87. The van der Waals surface area contributed by atoms with E-state index >= 15 is 0 Å². The second kappa shape index (κ2) is 5.05. The molecular formula is C11H11N3O6S. The van der Waals surface area contributed by atoms with Crippen LogP contribution in [0.2, 0.25) is 0 Å². The number of benzene rings is 1. The number of aromatic carboxylic acids is 1. The van der Waals surface area contributed by atoms with Gasteiger partial charge in [0.2, 0.25) is 0 Å². The van der Waals surface area contributed by atoms with Crippen molar-refractivity contribution in [3.63, 3.8) is 0 Å². The Morgan fingerprint density at radius 3 is 2.57 bits per heavy atom. The van der Waals surface area contributed by atoms with E-state index in [2.05, 4.69) is 5.32 Å². The number of carbonyl (C=O) groups excluding carboxylic acids is 2. The molecule has 3 amide bonds. The van der Waals surface area contributed by atoms with E-state index in [0.717, 1.165) is 18.2 Å². The molecule has 0 unspecified atom stereocenters. The van der Waals surface area contributed by atoms with E-state index in [4.69, 9.17) is 10.8 Å². The van der Waals surface area contributed by atoms with Crippen LogP contribution in [-0.2, 0) is 10.0 Å². The molecule has 0 saturated carbocycles. The van der Waals surface area contributed by atoms with Gasteiger partial charge in [0.15, 0.2) is 0 Å². The first-order chi connectivity index (χ1) is 9.75. The maximum absolute atomic E-state index is 12.2. The lowest BCUT2D eigenvalue weighted by atomic mass is 10.1. The summed E-state index contributed by atoms with van der Waals surface area (Å²) in [6.07, 6.45) is 0. The molecular weight excluding hydrogens is 302 g/mol. The molecule has 4 N–H and O–H groups in total. The number of rotatable bonds is 4. The number of amides is 3. The first-order valence-electron chi connectivity index (χ1n) is 5.73. The van der Waals surface area contributed by atoms with Crippen LogP contribution >= 0.6 is 0 Å². The normalized spacial score (nSPS) is 15.6. The van der Waals surface area contributed by atoms with Gasteiger partial charge in [-0.2, -0.15) is 0 Å². The molecule has 1 aliphatic rings. The van der Waals surface area contributed by atoms with E-state index in [1.54, 1.807) is 0 Å². The number of nitrogens with zero attached hydrogens (tertiary/aromatic N) is 1. The Labute approximate surface area is 119 Å². The van der Waals surface area contributed by atoms with Crippen molar-refractivity contribution in [1.29, 1.82) is 0 Å². The molecule has 0 fully saturated rings. The van der Waals surface area contributed by atoms with Crippen LogP contribution in [0.3, 0.4) is 0 Å². The molecule has 0 aliphatic carbocycles. The SMILES string of the molecule is NC(=O)NCCN1C(=O)c2ccc(C(=O)O)cc2S1(=O)=O. The fourth-order valence-corrected chi connectivity index (χ4v) is 3.50. The highest BCUT2D eigenvalue weighted by molar-refractivity contribution is 7.90. The summed E-state index contributed by atoms with van der Waals surface area (Å²) in [6, 6.07) is 2.40. The molecule has 1 aliphatic heterocycles. The van der Waals surface area contributed by atoms with Crippen LogP contribution in [0.4, 0.5) is 4.79 Å². The average Bonchev–Trinajstić information content (AvgIpc) is 2.59. The molecule has 0 atom stereocenters. The second-order valence-corrected chi connectivity index (χ2v) is 6.02. The van der Waals surface area contributed by atoms with Crippen molar-refractivity contribution in [3.8, 4) is 0 Å². The minimum atomic E-state index is -4.12. The number of primary amides is 1. The molecule has 1 heterocycles. The molecule has 1 aromatic carbocycles. The van der Waals surface area contributed by atoms with Crippen LogP contribution in [0.15, 0.2) is 23.1 Å². The van der Waals surface area contributed by atoms with Crippen LogP contribution in [0, 0.1) is 0 Å². The highest BCUT2D eigenvalue weighted by Gasteiger charge is 2.41. The van der Waals surface area contributed by atoms with Gasteiger partial charge in [-0.05, 0) is 18.2 Å². The van der Waals surface area contributed by atoms with E-state index in [1.807, 2.05) is 0 Å². The zero-order valence-electron chi connectivity index (χ0n) is 10.6. The van der Waals surface area contributed by atoms with E-state index in [0.29, 0.717) is 4.31 Å². The van der Waals surface area contributed by atoms with E-state index in [1.165, 1.54) is 0 Å². The Kier molecular flexibility index (Phi) is 3.56. The summed E-state index contributed by atoms with van der Waals surface area (Å²) in [7, 11) is -4.12. The van der Waals surface area contributed by atoms with Crippen molar-refractivity contribution in [2.24, 2.45) is 5.73 Å². The zero-order chi connectivity index (χ0) is 15.8. The Hall–Kier alpha value is -2.62. The number of carboxylic acids is 1. The Bertz CT molecular complexity index is 742. The van der Waals surface area contributed by atoms with Gasteiger partial charge in [-0.3, -0.25) is 4.79 Å². The van der Waals surface area contributed by atoms with Crippen molar-refractivity contribution < 1.29 is 27.9 Å². The molecule has 21 heavy (non-hydrogen) atoms. The van der Waals surface area contributed by atoms with Crippen molar-refractivity contribution in [2.45, 2.75) is 4.90 Å². The molecule has 0 aromatic heterocycles. The number of nitrogens with one attached hydrogen (secondary N) is 1. The molecule has 9 nitrogen and oxygen atoms in total. The van der Waals surface area contributed by atoms with Crippen molar-refractivity contribution in [1.82, 2.24) is 9.62 Å². The van der Waals surface area contributed by atoms with Crippen LogP contribution in [0.25, 0.3) is 0 Å². The molecule has 10 heteroatoms. The van der Waals surface area contributed by atoms with Crippen molar-refractivity contribution >= 4 is 27.9 Å². The van der Waals surface area contributed by atoms with Gasteiger partial charge in [-0.1, -0.05) is 0 Å². The fourth-order valence-electron chi connectivity index (χ4n) is 1.91. The lowest BCUT2D eigenvalue weighted by Crippen LogP contribution is -2.39. The van der Waals surface area contributed by atoms with Gasteiger partial charge in [-0.25, -0.2) is 22.3 Å². The fraction of sp³-hybridized carbons (Fsp3) is 0.182. The first-order valence-corrected chi connectivity index (χ1v) is 7.17. The van der Waals surface area contributed by atoms with Crippen LogP contribution < -0.4 is 11.1 Å². The maximum atomic E-state index is 12.2. The summed E-state index contributed by atoms with van der Waals surface area (Å²) in [5.41, 5.74) is 4.52. The monoisotopic (exact) mass is 313 g/mol. The molecule has 112 valence electrons. The number of carboxylic acid groups (broad SMARTS) is 1. The standard InChI is InChI=1S/C11H11N3O6S/c12-11(18)13-3-4-14-9(15)7-2-1-6(10(16)17)5-8(7)21(14,19)20/h1-2,5H,3-4H2,(H,16,17)(H3,12,13,18). The molecule has 0 radical (unpaired) electrons. The van der Waals surface area contributed by atoms with Gasteiger partial charge in [0.05, 0.1) is 17.7 Å². The minimum absolute atomic E-state index is 0.0981. The van der Waals surface area contributed by atoms with E-state index < -0.39 is 27.9 Å². The van der Waals surface area contributed by atoms with Gasteiger partial charge in [0, 0.05) is 6.54 Å². The Morgan fingerprint density at radius 2 is 2.00 bits per heavy atom. The van der Waals surface area contributed by atoms with Crippen LogP contribution in [-0.4, -0.2) is 48.8 Å². The summed E-state index contributed by atoms with van der Waals surface area (Å²) >= 11 is 0. The number of fused-ring (bicyclic) bond motifs is 1. The van der Waals surface area contributed by atoms with Crippen LogP contribution in [0.5, 0.6) is 0 Å². The number of hydrogen-bond acceptors (Lipinski definition) is 5. The van der Waals surface area contributed by atoms with Gasteiger partial charge in [0.25, 0.3) is 15.9 Å². The molecule has 0 spiro atoms. The third kappa shape index (κ3) is 2.52. The lowest BCUT2D eigenvalue weighted by molar-refractivity contribution is 0.0695. The summed E-state index contributed by atoms with van der Waals surface area (Å²) in [6.45, 7) is -0.429. The number of urea groups is 1. The smallest absolute Gasteiger partial charge is 0.335 e. The quantitative estimate of drug-likeness (QED) is 0.663. The zero-order valence-corrected chi connectivity index (χ0v) is 11.4. The molecule has 0 bridgehead atoms. The van der Waals surface area contributed by atoms with Gasteiger partial charge < -0.3 is 16.2 Å². The number of sulfonamides is 1. The topological polar surface area (TPSA) is 147 Å². The first kappa shape index (κ1) is 14.8. The lowest BCUT2D eigenvalue weighted by Gasteiger charge is -2.14. The van der Waals surface area contributed by atoms with Crippen molar-refractivity contribution in [3.05, 3.63) is 29.3 Å². The van der Waals surface area contributed by atoms with Gasteiger partial charge in [0.1, 0.15) is 4.90 Å². The average molecular weight is 313 g/mol. The largest absolute Gasteiger partial charge is 0.478 e. The summed E-state index contributed by atoms with van der Waals surface area (Å²) in [4.78, 5) is 33.1. The molecule has 1 aromatic rings. The molecule has 2 rings (SSSR count). The van der Waals surface area contributed by atoms with E-state index in [-0.39, 0.29) is 29.1 Å². The number of carbonyl (C=O) groups is 3. The summed E-state index contributed by atoms with van der Waals surface area (Å²) < 4.78 is 25.0. The highest BCUT2D eigenvalue weighted by Crippen LogP contribution is 2.30. The maximum Gasteiger partial charge on any atom is 0.335 e. The molecule has 0 saturated heterocycles. The predicted molar refractivity (Wildman–Crippen MR) is 69.2 cm³/mol. The highest BCUT2D eigenvalue weighted by atomic mass is 32.2. The van der Waals surface area contributed by atoms with Gasteiger partial charge >= 0.3 is 12.0 Å². The Balaban J connectivity index is 2.35. The van der Waals surface area contributed by atoms with Gasteiger partial charge in [-0.15, -0.1) is 0 Å². The van der Waals surface area contributed by atoms with Crippen molar-refractivity contribution in [2.75, 3.05) is 13.1 Å². The number of nitrogens with two attached hydrogens (primary N) is 1. The number of hydrogen-bond donors (Lipinski definition) is 3. The minimum Gasteiger partial charge on any atom is -0.478 e.